The van der Waals surface area contributed by atoms with Crippen molar-refractivity contribution in [3.63, 3.8) is 0 Å². The van der Waals surface area contributed by atoms with E-state index in [1.54, 1.807) is 12.1 Å². The molecule has 20 heavy (non-hydrogen) atoms. The van der Waals surface area contributed by atoms with Crippen molar-refractivity contribution in [3.8, 4) is 0 Å². The summed E-state index contributed by atoms with van der Waals surface area (Å²) in [5.74, 6) is 0.541. The van der Waals surface area contributed by atoms with Gasteiger partial charge in [-0.1, -0.05) is 23.7 Å². The molecule has 1 heterocycles. The molecule has 0 aliphatic carbocycles. The van der Waals surface area contributed by atoms with E-state index in [0.717, 1.165) is 11.1 Å². The summed E-state index contributed by atoms with van der Waals surface area (Å²) < 4.78 is 11.1. The summed E-state index contributed by atoms with van der Waals surface area (Å²) in [5.41, 5.74) is 8.85. The Morgan fingerprint density at radius 3 is 2.70 bits per heavy atom. The number of hydrogen-bond donors (Lipinski definition) is 1. The molecule has 0 atom stereocenters. The highest BCUT2D eigenvalue weighted by Gasteiger charge is 2.06. The first-order chi connectivity index (χ1) is 9.70. The van der Waals surface area contributed by atoms with Gasteiger partial charge < -0.3 is 14.9 Å². The number of aromatic nitrogens is 1. The number of anilines is 1. The molecule has 3 rings (SSSR count). The second-order valence-electron chi connectivity index (χ2n) is 4.45. The van der Waals surface area contributed by atoms with Gasteiger partial charge in [-0.15, -0.1) is 0 Å². The van der Waals surface area contributed by atoms with Crippen LogP contribution in [0.15, 0.2) is 46.9 Å². The second kappa shape index (κ2) is 5.53. The average molecular weight is 289 g/mol. The fourth-order valence-electron chi connectivity index (χ4n) is 1.89. The lowest BCUT2D eigenvalue weighted by Crippen LogP contribution is -1.94. The van der Waals surface area contributed by atoms with Gasteiger partial charge in [0.1, 0.15) is 12.1 Å². The van der Waals surface area contributed by atoms with E-state index in [0.29, 0.717) is 35.4 Å². The van der Waals surface area contributed by atoms with E-state index in [1.807, 2.05) is 30.3 Å². The molecule has 2 aromatic carbocycles. The van der Waals surface area contributed by atoms with Gasteiger partial charge in [0, 0.05) is 16.8 Å². The quantitative estimate of drug-likeness (QED) is 0.742. The van der Waals surface area contributed by atoms with Crippen LogP contribution in [0.5, 0.6) is 0 Å². The zero-order valence-electron chi connectivity index (χ0n) is 10.7. The van der Waals surface area contributed by atoms with Crippen LogP contribution in [0.2, 0.25) is 5.02 Å². The molecule has 0 amide bonds. The first-order valence-corrected chi connectivity index (χ1v) is 6.55. The third-order valence-corrected chi connectivity index (χ3v) is 3.12. The third-order valence-electron chi connectivity index (χ3n) is 2.86. The highest BCUT2D eigenvalue weighted by molar-refractivity contribution is 6.30. The van der Waals surface area contributed by atoms with Gasteiger partial charge in [0.05, 0.1) is 6.61 Å². The highest BCUT2D eigenvalue weighted by atomic mass is 35.5. The Hall–Kier alpha value is -2.04. The molecule has 5 heteroatoms. The molecule has 0 radical (unpaired) electrons. The van der Waals surface area contributed by atoms with Crippen LogP contribution in [0.4, 0.5) is 5.69 Å². The molecule has 0 unspecified atom stereocenters. The van der Waals surface area contributed by atoms with E-state index in [1.165, 1.54) is 0 Å². The number of oxazole rings is 1. The molecule has 2 N–H and O–H groups in total. The number of hydrogen-bond acceptors (Lipinski definition) is 4. The van der Waals surface area contributed by atoms with Crippen molar-refractivity contribution in [2.24, 2.45) is 0 Å². The van der Waals surface area contributed by atoms with Gasteiger partial charge in [0.25, 0.3) is 0 Å². The van der Waals surface area contributed by atoms with Crippen molar-refractivity contribution < 1.29 is 9.15 Å². The Bertz CT molecular complexity index is 722. The van der Waals surface area contributed by atoms with Crippen molar-refractivity contribution in [1.82, 2.24) is 4.98 Å². The highest BCUT2D eigenvalue weighted by Crippen LogP contribution is 2.19. The SMILES string of the molecule is Nc1ccc2nc(COCc3ccc(Cl)cc3)oc2c1. The third kappa shape index (κ3) is 2.92. The van der Waals surface area contributed by atoms with Gasteiger partial charge in [-0.05, 0) is 29.8 Å². The fraction of sp³-hybridized carbons (Fsp3) is 0.133. The smallest absolute Gasteiger partial charge is 0.221 e. The maximum Gasteiger partial charge on any atom is 0.221 e. The second-order valence-corrected chi connectivity index (χ2v) is 4.89. The Morgan fingerprint density at radius 1 is 1.10 bits per heavy atom. The van der Waals surface area contributed by atoms with E-state index >= 15 is 0 Å². The van der Waals surface area contributed by atoms with Crippen LogP contribution in [0.1, 0.15) is 11.5 Å². The molecule has 0 aliphatic heterocycles. The lowest BCUT2D eigenvalue weighted by molar-refractivity contribution is 0.0907. The molecule has 1 aromatic heterocycles. The van der Waals surface area contributed by atoms with Crippen molar-refractivity contribution in [2.45, 2.75) is 13.2 Å². The van der Waals surface area contributed by atoms with Crippen LogP contribution < -0.4 is 5.73 Å². The van der Waals surface area contributed by atoms with Gasteiger partial charge in [-0.3, -0.25) is 0 Å². The van der Waals surface area contributed by atoms with E-state index in [-0.39, 0.29) is 0 Å². The van der Waals surface area contributed by atoms with E-state index < -0.39 is 0 Å². The summed E-state index contributed by atoms with van der Waals surface area (Å²) in [7, 11) is 0. The number of benzene rings is 2. The number of nitrogens with two attached hydrogens (primary N) is 1. The van der Waals surface area contributed by atoms with Gasteiger partial charge in [0.15, 0.2) is 5.58 Å². The first kappa shape index (κ1) is 13.0. The Balaban J connectivity index is 1.63. The number of nitrogen functional groups attached to an aromatic ring is 1. The summed E-state index contributed by atoms with van der Waals surface area (Å²) in [5, 5.41) is 0.713. The van der Waals surface area contributed by atoms with E-state index in [4.69, 9.17) is 26.5 Å². The Morgan fingerprint density at radius 2 is 1.90 bits per heavy atom. The van der Waals surface area contributed by atoms with Crippen LogP contribution in [0.25, 0.3) is 11.1 Å². The zero-order chi connectivity index (χ0) is 13.9. The molecular formula is C15H13ClN2O2. The van der Waals surface area contributed by atoms with Crippen LogP contribution in [-0.4, -0.2) is 4.98 Å². The van der Waals surface area contributed by atoms with Crippen LogP contribution in [-0.2, 0) is 18.0 Å². The average Bonchev–Trinajstić information content (AvgIpc) is 2.83. The van der Waals surface area contributed by atoms with E-state index in [2.05, 4.69) is 4.98 Å². The summed E-state index contributed by atoms with van der Waals surface area (Å²) in [6, 6.07) is 12.9. The molecule has 3 aromatic rings. The number of halogens is 1. The minimum atomic E-state index is 0.317. The summed E-state index contributed by atoms with van der Waals surface area (Å²) in [6.07, 6.45) is 0. The van der Waals surface area contributed by atoms with Crippen molar-refractivity contribution in [2.75, 3.05) is 5.73 Å². The zero-order valence-corrected chi connectivity index (χ0v) is 11.4. The predicted molar refractivity (Wildman–Crippen MR) is 78.4 cm³/mol. The summed E-state index contributed by atoms with van der Waals surface area (Å²) >= 11 is 5.82. The molecule has 0 spiro atoms. The standard InChI is InChI=1S/C15H13ClN2O2/c16-11-3-1-10(2-4-11)8-19-9-15-18-13-6-5-12(17)7-14(13)20-15/h1-7H,8-9,17H2. The maximum atomic E-state index is 5.82. The largest absolute Gasteiger partial charge is 0.438 e. The molecular weight excluding hydrogens is 276 g/mol. The number of ether oxygens (including phenoxy) is 1. The first-order valence-electron chi connectivity index (χ1n) is 6.18. The van der Waals surface area contributed by atoms with Gasteiger partial charge in [-0.25, -0.2) is 4.98 Å². The number of nitrogens with zero attached hydrogens (tertiary/aromatic N) is 1. The predicted octanol–water partition coefficient (Wildman–Crippen LogP) is 3.78. The Kier molecular flexibility index (Phi) is 3.58. The minimum Gasteiger partial charge on any atom is -0.438 e. The molecule has 0 saturated carbocycles. The topological polar surface area (TPSA) is 61.3 Å². The van der Waals surface area contributed by atoms with Crippen LogP contribution in [0, 0.1) is 0 Å². The summed E-state index contributed by atoms with van der Waals surface area (Å²) in [4.78, 5) is 4.33. The van der Waals surface area contributed by atoms with Crippen molar-refractivity contribution in [1.29, 1.82) is 0 Å². The molecule has 0 fully saturated rings. The molecule has 0 saturated heterocycles. The lowest BCUT2D eigenvalue weighted by atomic mass is 10.2. The lowest BCUT2D eigenvalue weighted by Gasteiger charge is -2.01. The van der Waals surface area contributed by atoms with Gasteiger partial charge in [0.2, 0.25) is 5.89 Å². The molecule has 102 valence electrons. The van der Waals surface area contributed by atoms with Crippen molar-refractivity contribution >= 4 is 28.4 Å². The van der Waals surface area contributed by atoms with Crippen molar-refractivity contribution in [3.05, 3.63) is 58.9 Å². The van der Waals surface area contributed by atoms with Crippen LogP contribution >= 0.6 is 11.6 Å². The van der Waals surface area contributed by atoms with Gasteiger partial charge >= 0.3 is 0 Å². The summed E-state index contributed by atoms with van der Waals surface area (Å²) in [6.45, 7) is 0.801. The minimum absolute atomic E-state index is 0.317. The molecule has 0 bridgehead atoms. The fourth-order valence-corrected chi connectivity index (χ4v) is 2.01. The van der Waals surface area contributed by atoms with E-state index in [9.17, 15) is 0 Å². The van der Waals surface area contributed by atoms with Crippen LogP contribution in [0.3, 0.4) is 0 Å². The molecule has 0 aliphatic rings. The van der Waals surface area contributed by atoms with Gasteiger partial charge in [-0.2, -0.15) is 0 Å². The number of rotatable bonds is 4. The number of fused-ring (bicyclic) bond motifs is 1. The monoisotopic (exact) mass is 288 g/mol. The normalized spacial score (nSPS) is 11.1. The maximum absolute atomic E-state index is 5.82. The Labute approximate surface area is 121 Å². The molecule has 4 nitrogen and oxygen atoms in total.